The highest BCUT2D eigenvalue weighted by Gasteiger charge is 2.13. The van der Waals surface area contributed by atoms with E-state index in [0.717, 1.165) is 15.8 Å². The first-order valence-electron chi connectivity index (χ1n) is 7.99. The maximum atomic E-state index is 12.6. The normalized spacial score (nSPS) is 10.9. The van der Waals surface area contributed by atoms with Gasteiger partial charge in [-0.2, -0.15) is 0 Å². The minimum atomic E-state index is -0.0297. The summed E-state index contributed by atoms with van der Waals surface area (Å²) in [6, 6.07) is 24.6. The molecule has 0 aliphatic rings. The number of carbonyl (C=O) groups excluding carboxylic acids is 1. The lowest BCUT2D eigenvalue weighted by Gasteiger charge is -2.05. The summed E-state index contributed by atoms with van der Waals surface area (Å²) < 4.78 is 2.59. The van der Waals surface area contributed by atoms with Crippen molar-refractivity contribution < 1.29 is 4.79 Å². The molecule has 0 atom stereocenters. The second-order valence-corrected chi connectivity index (χ2v) is 6.81. The van der Waals surface area contributed by atoms with Crippen LogP contribution in [-0.2, 0) is 6.54 Å². The van der Waals surface area contributed by atoms with Crippen molar-refractivity contribution >= 4 is 27.3 Å². The molecule has 4 aromatic rings. The largest absolute Gasteiger partial charge is 0.308 e. The molecule has 122 valence electrons. The van der Waals surface area contributed by atoms with Crippen LogP contribution in [0.1, 0.15) is 21.5 Å². The Bertz CT molecular complexity index is 1100. The van der Waals surface area contributed by atoms with E-state index in [0.29, 0.717) is 17.7 Å². The van der Waals surface area contributed by atoms with Crippen molar-refractivity contribution in [2.75, 3.05) is 0 Å². The molecule has 4 rings (SSSR count). The van der Waals surface area contributed by atoms with Gasteiger partial charge in [0.2, 0.25) is 0 Å². The van der Waals surface area contributed by atoms with Gasteiger partial charge in [0.05, 0.1) is 16.8 Å². The Balaban J connectivity index is 1.73. The molecule has 0 saturated carbocycles. The smallest absolute Gasteiger partial charge is 0.294 e. The van der Waals surface area contributed by atoms with E-state index in [1.807, 2.05) is 60.7 Å². The van der Waals surface area contributed by atoms with E-state index in [9.17, 15) is 9.59 Å². The first kappa shape index (κ1) is 15.5. The molecule has 1 aromatic heterocycles. The van der Waals surface area contributed by atoms with Gasteiger partial charge in [0.15, 0.2) is 5.78 Å². The number of nitrogens with zero attached hydrogens (tertiary/aromatic N) is 1. The minimum absolute atomic E-state index is 0.0110. The Hall–Kier alpha value is -2.98. The highest BCUT2D eigenvalue weighted by atomic mass is 32.1. The molecule has 0 aliphatic heterocycles. The molecule has 0 spiro atoms. The maximum absolute atomic E-state index is 12.6. The summed E-state index contributed by atoms with van der Waals surface area (Å²) in [5.41, 5.74) is 3.20. The molecule has 0 amide bonds. The van der Waals surface area contributed by atoms with E-state index in [1.54, 1.807) is 22.8 Å². The second-order valence-electron chi connectivity index (χ2n) is 5.82. The Kier molecular flexibility index (Phi) is 4.04. The van der Waals surface area contributed by atoms with E-state index in [2.05, 4.69) is 0 Å². The molecular formula is C21H15NO2S. The van der Waals surface area contributed by atoms with Crippen molar-refractivity contribution in [3.63, 3.8) is 0 Å². The topological polar surface area (TPSA) is 39.1 Å². The fourth-order valence-corrected chi connectivity index (χ4v) is 3.81. The Morgan fingerprint density at radius 3 is 2.24 bits per heavy atom. The van der Waals surface area contributed by atoms with Crippen molar-refractivity contribution in [2.45, 2.75) is 6.54 Å². The number of thiazole rings is 1. The number of fused-ring (bicyclic) bond motifs is 1. The van der Waals surface area contributed by atoms with E-state index >= 15 is 0 Å². The monoisotopic (exact) mass is 345 g/mol. The third kappa shape index (κ3) is 3.04. The van der Waals surface area contributed by atoms with Crippen LogP contribution in [0.3, 0.4) is 0 Å². The number of ketones is 1. The minimum Gasteiger partial charge on any atom is -0.294 e. The van der Waals surface area contributed by atoms with Gasteiger partial charge in [-0.05, 0) is 23.8 Å². The van der Waals surface area contributed by atoms with Gasteiger partial charge in [-0.1, -0.05) is 72.0 Å². The Labute approximate surface area is 148 Å². The van der Waals surface area contributed by atoms with Crippen molar-refractivity contribution in [2.24, 2.45) is 0 Å². The first-order valence-corrected chi connectivity index (χ1v) is 8.81. The highest BCUT2D eigenvalue weighted by Crippen LogP contribution is 2.22. The molecule has 0 unspecified atom stereocenters. The summed E-state index contributed by atoms with van der Waals surface area (Å²) in [6.45, 7) is 0.533. The summed E-state index contributed by atoms with van der Waals surface area (Å²) >= 11 is 1.18. The molecule has 0 saturated heterocycles. The SMILES string of the molecule is O=C(c1ccccc1)c1ccc2c(c1)sc(=O)n2Cc1ccccc1. The van der Waals surface area contributed by atoms with Gasteiger partial charge in [-0.3, -0.25) is 14.2 Å². The fraction of sp³-hybridized carbons (Fsp3) is 0.0476. The Morgan fingerprint density at radius 2 is 1.52 bits per heavy atom. The summed E-state index contributed by atoms with van der Waals surface area (Å²) in [7, 11) is 0. The zero-order chi connectivity index (χ0) is 17.2. The molecule has 0 aliphatic carbocycles. The van der Waals surface area contributed by atoms with E-state index in [1.165, 1.54) is 11.3 Å². The van der Waals surface area contributed by atoms with Gasteiger partial charge in [-0.15, -0.1) is 0 Å². The molecule has 0 radical (unpaired) electrons. The third-order valence-corrected chi connectivity index (χ3v) is 5.09. The predicted molar refractivity (Wildman–Crippen MR) is 102 cm³/mol. The van der Waals surface area contributed by atoms with Crippen LogP contribution in [0.4, 0.5) is 0 Å². The molecule has 0 N–H and O–H groups in total. The zero-order valence-electron chi connectivity index (χ0n) is 13.4. The predicted octanol–water partition coefficient (Wildman–Crippen LogP) is 4.34. The number of hydrogen-bond acceptors (Lipinski definition) is 3. The second kappa shape index (κ2) is 6.49. The fourth-order valence-electron chi connectivity index (χ4n) is 2.88. The van der Waals surface area contributed by atoms with Crippen LogP contribution in [-0.4, -0.2) is 10.4 Å². The van der Waals surface area contributed by atoms with Crippen LogP contribution in [0.25, 0.3) is 10.2 Å². The number of rotatable bonds is 4. The van der Waals surface area contributed by atoms with Crippen molar-refractivity contribution in [3.8, 4) is 0 Å². The highest BCUT2D eigenvalue weighted by molar-refractivity contribution is 7.16. The average molecular weight is 345 g/mol. The molecule has 3 aromatic carbocycles. The average Bonchev–Trinajstić information content (AvgIpc) is 2.97. The number of carbonyl (C=O) groups is 1. The van der Waals surface area contributed by atoms with Gasteiger partial charge < -0.3 is 0 Å². The maximum Gasteiger partial charge on any atom is 0.308 e. The Morgan fingerprint density at radius 1 is 0.840 bits per heavy atom. The van der Waals surface area contributed by atoms with Crippen LogP contribution in [0.2, 0.25) is 0 Å². The van der Waals surface area contributed by atoms with Crippen LogP contribution in [0.5, 0.6) is 0 Å². The van der Waals surface area contributed by atoms with Gasteiger partial charge >= 0.3 is 4.87 Å². The van der Waals surface area contributed by atoms with E-state index in [4.69, 9.17) is 0 Å². The van der Waals surface area contributed by atoms with E-state index < -0.39 is 0 Å². The van der Waals surface area contributed by atoms with Gasteiger partial charge in [0, 0.05) is 11.1 Å². The van der Waals surface area contributed by atoms with Gasteiger partial charge in [-0.25, -0.2) is 0 Å². The van der Waals surface area contributed by atoms with Crippen molar-refractivity contribution in [1.29, 1.82) is 0 Å². The zero-order valence-corrected chi connectivity index (χ0v) is 14.2. The molecule has 1 heterocycles. The summed E-state index contributed by atoms with van der Waals surface area (Å²) in [5, 5.41) is 0. The van der Waals surface area contributed by atoms with Crippen LogP contribution < -0.4 is 4.87 Å². The number of benzene rings is 3. The number of aromatic nitrogens is 1. The molecule has 4 heteroatoms. The summed E-state index contributed by atoms with van der Waals surface area (Å²) in [6.07, 6.45) is 0. The third-order valence-electron chi connectivity index (χ3n) is 4.15. The lowest BCUT2D eigenvalue weighted by Crippen LogP contribution is -2.13. The van der Waals surface area contributed by atoms with Gasteiger partial charge in [0.25, 0.3) is 0 Å². The van der Waals surface area contributed by atoms with Crippen LogP contribution in [0, 0.1) is 0 Å². The van der Waals surface area contributed by atoms with Crippen molar-refractivity contribution in [3.05, 3.63) is 105 Å². The molecule has 0 bridgehead atoms. The lowest BCUT2D eigenvalue weighted by atomic mass is 10.0. The quantitative estimate of drug-likeness (QED) is 0.516. The van der Waals surface area contributed by atoms with Gasteiger partial charge in [0.1, 0.15) is 0 Å². The molecule has 0 fully saturated rings. The summed E-state index contributed by atoms with van der Waals surface area (Å²) in [4.78, 5) is 25.0. The summed E-state index contributed by atoms with van der Waals surface area (Å²) in [5.74, 6) is -0.0297. The van der Waals surface area contributed by atoms with Crippen molar-refractivity contribution in [1.82, 2.24) is 4.57 Å². The molecule has 25 heavy (non-hydrogen) atoms. The van der Waals surface area contributed by atoms with Crippen LogP contribution in [0.15, 0.2) is 83.7 Å². The molecule has 3 nitrogen and oxygen atoms in total. The van der Waals surface area contributed by atoms with E-state index in [-0.39, 0.29) is 10.7 Å². The first-order chi connectivity index (χ1) is 12.2. The van der Waals surface area contributed by atoms with Crippen LogP contribution >= 0.6 is 11.3 Å². The standard InChI is InChI=1S/C21H15NO2S/c23-20(16-9-5-2-6-10-16)17-11-12-18-19(13-17)25-21(24)22(18)14-15-7-3-1-4-8-15/h1-13H,14H2. The lowest BCUT2D eigenvalue weighted by molar-refractivity contribution is 0.103. The number of hydrogen-bond donors (Lipinski definition) is 0. The molecular weight excluding hydrogens is 330 g/mol.